The summed E-state index contributed by atoms with van der Waals surface area (Å²) < 4.78 is 5.60. The molecule has 1 heterocycles. The van der Waals surface area contributed by atoms with Crippen LogP contribution in [0.3, 0.4) is 0 Å². The Kier molecular flexibility index (Phi) is 4.11. The molecule has 1 aliphatic rings. The number of ether oxygens (including phenoxy) is 1. The van der Waals surface area contributed by atoms with E-state index in [1.807, 2.05) is 42.5 Å². The molecule has 1 unspecified atom stereocenters. The van der Waals surface area contributed by atoms with E-state index in [-0.39, 0.29) is 11.9 Å². The van der Waals surface area contributed by atoms with Crippen molar-refractivity contribution in [2.45, 2.75) is 18.9 Å². The van der Waals surface area contributed by atoms with Gasteiger partial charge in [-0.2, -0.15) is 0 Å². The van der Waals surface area contributed by atoms with Crippen molar-refractivity contribution in [3.8, 4) is 5.75 Å². The Balaban J connectivity index is 1.71. The number of rotatable bonds is 3. The first-order valence-electron chi connectivity index (χ1n) is 6.98. The Bertz CT molecular complexity index is 642. The smallest absolute Gasteiger partial charge is 0.224 e. The summed E-state index contributed by atoms with van der Waals surface area (Å²) in [7, 11) is 0. The number of nitrogens with one attached hydrogen (secondary N) is 1. The number of carbonyl (C=O) groups excluding carboxylic acids is 1. The lowest BCUT2D eigenvalue weighted by Gasteiger charge is -2.27. The molecule has 1 aliphatic heterocycles. The van der Waals surface area contributed by atoms with Crippen molar-refractivity contribution in [2.75, 3.05) is 6.61 Å². The van der Waals surface area contributed by atoms with E-state index in [0.717, 1.165) is 23.3 Å². The molecule has 0 aromatic heterocycles. The van der Waals surface area contributed by atoms with Gasteiger partial charge >= 0.3 is 0 Å². The summed E-state index contributed by atoms with van der Waals surface area (Å²) in [6.07, 6.45) is 1.14. The summed E-state index contributed by atoms with van der Waals surface area (Å²) in [6.45, 7) is 0.602. The van der Waals surface area contributed by atoms with Crippen molar-refractivity contribution < 1.29 is 9.53 Å². The summed E-state index contributed by atoms with van der Waals surface area (Å²) in [5.74, 6) is 0.815. The van der Waals surface area contributed by atoms with Crippen LogP contribution in [0.4, 0.5) is 0 Å². The Morgan fingerprint density at radius 3 is 2.86 bits per heavy atom. The number of amides is 1. The van der Waals surface area contributed by atoms with Gasteiger partial charge in [-0.15, -0.1) is 0 Å². The largest absolute Gasteiger partial charge is 0.493 e. The number of benzene rings is 2. The quantitative estimate of drug-likeness (QED) is 0.942. The van der Waals surface area contributed by atoms with Gasteiger partial charge in [-0.25, -0.2) is 0 Å². The third-order valence-corrected chi connectivity index (χ3v) is 3.79. The molecule has 0 saturated heterocycles. The van der Waals surface area contributed by atoms with Crippen molar-refractivity contribution in [1.29, 1.82) is 0 Å². The van der Waals surface area contributed by atoms with Gasteiger partial charge in [-0.3, -0.25) is 4.79 Å². The van der Waals surface area contributed by atoms with Gasteiger partial charge in [-0.1, -0.05) is 41.9 Å². The maximum absolute atomic E-state index is 12.2. The molecule has 1 amide bonds. The van der Waals surface area contributed by atoms with E-state index in [9.17, 15) is 4.79 Å². The van der Waals surface area contributed by atoms with E-state index in [4.69, 9.17) is 16.3 Å². The molecule has 2 aromatic rings. The second kappa shape index (κ2) is 6.19. The molecule has 3 rings (SSSR count). The van der Waals surface area contributed by atoms with E-state index < -0.39 is 0 Å². The molecule has 1 atom stereocenters. The molecular weight excluding hydrogens is 286 g/mol. The highest BCUT2D eigenvalue weighted by Gasteiger charge is 2.23. The van der Waals surface area contributed by atoms with Gasteiger partial charge in [0.15, 0.2) is 0 Å². The van der Waals surface area contributed by atoms with Crippen LogP contribution in [-0.2, 0) is 11.2 Å². The predicted octanol–water partition coefficient (Wildman–Crippen LogP) is 3.52. The zero-order valence-electron chi connectivity index (χ0n) is 11.5. The number of hydrogen-bond donors (Lipinski definition) is 1. The molecule has 0 saturated carbocycles. The van der Waals surface area contributed by atoms with Crippen molar-refractivity contribution in [2.24, 2.45) is 0 Å². The molecule has 0 bridgehead atoms. The van der Waals surface area contributed by atoms with Crippen LogP contribution < -0.4 is 10.1 Å². The van der Waals surface area contributed by atoms with E-state index in [1.54, 1.807) is 6.07 Å². The van der Waals surface area contributed by atoms with Crippen molar-refractivity contribution in [3.05, 3.63) is 64.7 Å². The average Bonchev–Trinajstić information content (AvgIpc) is 2.49. The molecule has 0 aliphatic carbocycles. The highest BCUT2D eigenvalue weighted by atomic mass is 35.5. The van der Waals surface area contributed by atoms with Gasteiger partial charge in [0.25, 0.3) is 0 Å². The first-order chi connectivity index (χ1) is 10.2. The fourth-order valence-electron chi connectivity index (χ4n) is 2.54. The fraction of sp³-hybridized carbons (Fsp3) is 0.235. The number of fused-ring (bicyclic) bond motifs is 1. The normalized spacial score (nSPS) is 16.7. The van der Waals surface area contributed by atoms with Crippen LogP contribution in [0, 0.1) is 0 Å². The maximum Gasteiger partial charge on any atom is 0.224 e. The minimum atomic E-state index is -0.0383. The fourth-order valence-corrected chi connectivity index (χ4v) is 2.72. The molecule has 0 spiro atoms. The van der Waals surface area contributed by atoms with Gasteiger partial charge in [-0.05, 0) is 23.8 Å². The summed E-state index contributed by atoms with van der Waals surface area (Å²) in [5, 5.41) is 3.73. The number of carbonyl (C=O) groups is 1. The van der Waals surface area contributed by atoms with E-state index >= 15 is 0 Å². The minimum absolute atomic E-state index is 0.0130. The molecule has 4 heteroatoms. The Hall–Kier alpha value is -2.00. The molecular formula is C17H16ClNO2. The van der Waals surface area contributed by atoms with Crippen molar-refractivity contribution in [1.82, 2.24) is 5.32 Å². The van der Waals surface area contributed by atoms with Crippen LogP contribution in [-0.4, -0.2) is 12.5 Å². The monoisotopic (exact) mass is 301 g/mol. The zero-order valence-corrected chi connectivity index (χ0v) is 12.3. The summed E-state index contributed by atoms with van der Waals surface area (Å²) >= 11 is 6.04. The first-order valence-corrected chi connectivity index (χ1v) is 7.36. The van der Waals surface area contributed by atoms with Crippen molar-refractivity contribution >= 4 is 17.5 Å². The number of hydrogen-bond acceptors (Lipinski definition) is 2. The SMILES string of the molecule is O=C(Cc1ccccc1)NC1CCOc2ccc(Cl)cc21. The highest BCUT2D eigenvalue weighted by molar-refractivity contribution is 6.30. The van der Waals surface area contributed by atoms with Crippen LogP contribution in [0.1, 0.15) is 23.6 Å². The maximum atomic E-state index is 12.2. The first kappa shape index (κ1) is 14.0. The van der Waals surface area contributed by atoms with Gasteiger partial charge in [0.1, 0.15) is 5.75 Å². The summed E-state index contributed by atoms with van der Waals surface area (Å²) in [6, 6.07) is 15.2. The lowest BCUT2D eigenvalue weighted by Crippen LogP contribution is -2.33. The lowest BCUT2D eigenvalue weighted by atomic mass is 10.00. The molecule has 0 radical (unpaired) electrons. The lowest BCUT2D eigenvalue weighted by molar-refractivity contribution is -0.121. The topological polar surface area (TPSA) is 38.3 Å². The van der Waals surface area contributed by atoms with Crippen molar-refractivity contribution in [3.63, 3.8) is 0 Å². The molecule has 2 aromatic carbocycles. The molecule has 21 heavy (non-hydrogen) atoms. The Labute approximate surface area is 128 Å². The summed E-state index contributed by atoms with van der Waals surface area (Å²) in [5.41, 5.74) is 1.96. The highest BCUT2D eigenvalue weighted by Crippen LogP contribution is 2.33. The third-order valence-electron chi connectivity index (χ3n) is 3.55. The average molecular weight is 302 g/mol. The minimum Gasteiger partial charge on any atom is -0.493 e. The van der Waals surface area contributed by atoms with Crippen LogP contribution in [0.15, 0.2) is 48.5 Å². The standard InChI is InChI=1S/C17H16ClNO2/c18-13-6-7-16-14(11-13)15(8-9-21-16)19-17(20)10-12-4-2-1-3-5-12/h1-7,11,15H,8-10H2,(H,19,20). The second-order valence-electron chi connectivity index (χ2n) is 5.10. The van der Waals surface area contributed by atoms with E-state index in [2.05, 4.69) is 5.32 Å². The van der Waals surface area contributed by atoms with Gasteiger partial charge < -0.3 is 10.1 Å². The van der Waals surface area contributed by atoms with Gasteiger partial charge in [0, 0.05) is 17.0 Å². The summed E-state index contributed by atoms with van der Waals surface area (Å²) in [4.78, 5) is 12.2. The molecule has 108 valence electrons. The molecule has 0 fully saturated rings. The van der Waals surface area contributed by atoms with Crippen LogP contribution in [0.5, 0.6) is 5.75 Å². The predicted molar refractivity (Wildman–Crippen MR) is 82.6 cm³/mol. The van der Waals surface area contributed by atoms with Crippen LogP contribution in [0.2, 0.25) is 5.02 Å². The van der Waals surface area contributed by atoms with Crippen LogP contribution in [0.25, 0.3) is 0 Å². The van der Waals surface area contributed by atoms with E-state index in [0.29, 0.717) is 18.1 Å². The Morgan fingerprint density at radius 2 is 2.05 bits per heavy atom. The third kappa shape index (κ3) is 3.37. The van der Waals surface area contributed by atoms with Gasteiger partial charge in [0.2, 0.25) is 5.91 Å². The zero-order chi connectivity index (χ0) is 14.7. The molecule has 1 N–H and O–H groups in total. The second-order valence-corrected chi connectivity index (χ2v) is 5.54. The van der Waals surface area contributed by atoms with Crippen LogP contribution >= 0.6 is 11.6 Å². The Morgan fingerprint density at radius 1 is 1.24 bits per heavy atom. The molecule has 3 nitrogen and oxygen atoms in total. The van der Waals surface area contributed by atoms with E-state index in [1.165, 1.54) is 0 Å². The number of halogens is 1. The van der Waals surface area contributed by atoms with Gasteiger partial charge in [0.05, 0.1) is 19.1 Å².